The van der Waals surface area contributed by atoms with Gasteiger partial charge in [0.1, 0.15) is 5.82 Å². The van der Waals surface area contributed by atoms with E-state index in [1.807, 2.05) is 6.07 Å². The van der Waals surface area contributed by atoms with Crippen molar-refractivity contribution in [2.75, 3.05) is 13.1 Å². The summed E-state index contributed by atoms with van der Waals surface area (Å²) in [6, 6.07) is 4.99. The first kappa shape index (κ1) is 14.9. The molecule has 1 aromatic rings. The van der Waals surface area contributed by atoms with Crippen LogP contribution in [0.5, 0.6) is 0 Å². The zero-order chi connectivity index (χ0) is 14.0. The van der Waals surface area contributed by atoms with E-state index in [1.165, 1.54) is 18.9 Å². The van der Waals surface area contributed by atoms with Crippen molar-refractivity contribution < 1.29 is 4.39 Å². The quantitative estimate of drug-likeness (QED) is 0.918. The molecule has 0 aromatic heterocycles. The van der Waals surface area contributed by atoms with Crippen LogP contribution in [0.25, 0.3) is 0 Å². The zero-order valence-electron chi connectivity index (χ0n) is 11.6. The molecule has 1 aromatic carbocycles. The molecule has 2 N–H and O–H groups in total. The minimum absolute atomic E-state index is 0.000648. The maximum Gasteiger partial charge on any atom is 0.124 e. The molecule has 106 valence electrons. The fourth-order valence-corrected chi connectivity index (χ4v) is 3.27. The van der Waals surface area contributed by atoms with Crippen LogP contribution in [0, 0.1) is 5.82 Å². The maximum absolute atomic E-state index is 13.4. The second-order valence-corrected chi connectivity index (χ2v) is 6.85. The van der Waals surface area contributed by atoms with Gasteiger partial charge in [-0.15, -0.1) is 0 Å². The number of nitrogens with zero attached hydrogens (tertiary/aromatic N) is 1. The summed E-state index contributed by atoms with van der Waals surface area (Å²) in [5, 5.41) is 0. The minimum atomic E-state index is -0.212. The molecule has 1 atom stereocenters. The third-order valence-electron chi connectivity index (χ3n) is 4.21. The van der Waals surface area contributed by atoms with Gasteiger partial charge < -0.3 is 5.73 Å². The number of hydrogen-bond acceptors (Lipinski definition) is 2. The lowest BCUT2D eigenvalue weighted by molar-refractivity contribution is 0.123. The summed E-state index contributed by atoms with van der Waals surface area (Å²) in [6.07, 6.45) is 3.20. The molecular weight excluding hydrogens is 307 g/mol. The smallest absolute Gasteiger partial charge is 0.124 e. The first-order chi connectivity index (χ1) is 8.89. The van der Waals surface area contributed by atoms with Crippen molar-refractivity contribution in [3.8, 4) is 0 Å². The number of halogens is 2. The number of benzene rings is 1. The van der Waals surface area contributed by atoms with Crippen LogP contribution in [0.15, 0.2) is 22.7 Å². The molecule has 1 aliphatic rings. The highest BCUT2D eigenvalue weighted by atomic mass is 79.9. The fourth-order valence-electron chi connectivity index (χ4n) is 2.76. The third-order valence-corrected chi connectivity index (χ3v) is 4.66. The molecule has 0 bridgehead atoms. The van der Waals surface area contributed by atoms with Crippen LogP contribution in [-0.4, -0.2) is 29.6 Å². The average Bonchev–Trinajstić information content (AvgIpc) is 2.80. The summed E-state index contributed by atoms with van der Waals surface area (Å²) in [7, 11) is 0. The predicted molar refractivity (Wildman–Crippen MR) is 80.7 cm³/mol. The van der Waals surface area contributed by atoms with E-state index in [0.29, 0.717) is 6.42 Å². The number of rotatable bonds is 4. The fraction of sp³-hybridized carbons (Fsp3) is 0.600. The Morgan fingerprint density at radius 1 is 1.32 bits per heavy atom. The van der Waals surface area contributed by atoms with Crippen molar-refractivity contribution in [1.29, 1.82) is 0 Å². The van der Waals surface area contributed by atoms with Gasteiger partial charge in [0.25, 0.3) is 0 Å². The van der Waals surface area contributed by atoms with E-state index in [1.54, 1.807) is 6.07 Å². The molecule has 0 radical (unpaired) electrons. The van der Waals surface area contributed by atoms with Crippen molar-refractivity contribution in [2.45, 2.75) is 44.7 Å². The lowest BCUT2D eigenvalue weighted by Crippen LogP contribution is -2.55. The number of hydrogen-bond donors (Lipinski definition) is 1. The molecule has 2 rings (SSSR count). The van der Waals surface area contributed by atoms with E-state index >= 15 is 0 Å². The molecule has 19 heavy (non-hydrogen) atoms. The van der Waals surface area contributed by atoms with Crippen LogP contribution in [0.4, 0.5) is 4.39 Å². The highest BCUT2D eigenvalue weighted by molar-refractivity contribution is 9.10. The van der Waals surface area contributed by atoms with Gasteiger partial charge in [0.15, 0.2) is 0 Å². The van der Waals surface area contributed by atoms with Crippen molar-refractivity contribution in [1.82, 2.24) is 4.90 Å². The molecule has 0 aliphatic carbocycles. The summed E-state index contributed by atoms with van der Waals surface area (Å²) in [4.78, 5) is 2.45. The van der Waals surface area contributed by atoms with E-state index in [2.05, 4.69) is 34.7 Å². The molecule has 1 heterocycles. The number of nitrogens with two attached hydrogens (primary N) is 1. The Morgan fingerprint density at radius 2 is 1.95 bits per heavy atom. The van der Waals surface area contributed by atoms with Crippen LogP contribution < -0.4 is 5.73 Å². The van der Waals surface area contributed by atoms with Gasteiger partial charge >= 0.3 is 0 Å². The summed E-state index contributed by atoms with van der Waals surface area (Å²) in [5.74, 6) is -0.212. The van der Waals surface area contributed by atoms with Gasteiger partial charge in [0.05, 0.1) is 0 Å². The molecule has 1 fully saturated rings. The predicted octanol–water partition coefficient (Wildman–Crippen LogP) is 3.33. The molecule has 2 nitrogen and oxygen atoms in total. The third kappa shape index (κ3) is 3.56. The van der Waals surface area contributed by atoms with Gasteiger partial charge in [-0.1, -0.05) is 15.9 Å². The standard InChI is InChI=1S/C15H22BrFN2/c1-15(2,19-5-3-4-6-19)14(18)9-11-7-12(16)10-13(17)8-11/h7-8,10,14H,3-6,9,18H2,1-2H3. The molecule has 4 heteroatoms. The zero-order valence-corrected chi connectivity index (χ0v) is 13.2. The maximum atomic E-state index is 13.4. The van der Waals surface area contributed by atoms with Crippen molar-refractivity contribution in [3.05, 3.63) is 34.1 Å². The lowest BCUT2D eigenvalue weighted by atomic mass is 9.88. The topological polar surface area (TPSA) is 29.3 Å². The molecular formula is C15H22BrFN2. The molecule has 0 saturated carbocycles. The molecule has 1 saturated heterocycles. The summed E-state index contributed by atoms with van der Waals surface area (Å²) in [6.45, 7) is 6.62. The van der Waals surface area contributed by atoms with Gasteiger partial charge in [-0.25, -0.2) is 4.39 Å². The van der Waals surface area contributed by atoms with Crippen molar-refractivity contribution in [3.63, 3.8) is 0 Å². The normalized spacial score (nSPS) is 18.8. The Kier molecular flexibility index (Phi) is 4.64. The SMILES string of the molecule is CC(C)(C(N)Cc1cc(F)cc(Br)c1)N1CCCC1. The van der Waals surface area contributed by atoms with Gasteiger partial charge in [-0.05, 0) is 70.0 Å². The van der Waals surface area contributed by atoms with E-state index in [0.717, 1.165) is 23.1 Å². The van der Waals surface area contributed by atoms with Crippen LogP contribution >= 0.6 is 15.9 Å². The molecule has 1 aliphatic heterocycles. The Bertz CT molecular complexity index is 422. The summed E-state index contributed by atoms with van der Waals surface area (Å²) >= 11 is 3.33. The Labute approximate surface area is 123 Å². The average molecular weight is 329 g/mol. The second-order valence-electron chi connectivity index (χ2n) is 5.94. The van der Waals surface area contributed by atoms with Gasteiger partial charge in [-0.2, -0.15) is 0 Å². The van der Waals surface area contributed by atoms with Crippen molar-refractivity contribution in [2.24, 2.45) is 5.73 Å². The molecule has 1 unspecified atom stereocenters. The van der Waals surface area contributed by atoms with Gasteiger partial charge in [0.2, 0.25) is 0 Å². The molecule has 0 spiro atoms. The lowest BCUT2D eigenvalue weighted by Gasteiger charge is -2.40. The minimum Gasteiger partial charge on any atom is -0.326 e. The highest BCUT2D eigenvalue weighted by Gasteiger charge is 2.34. The monoisotopic (exact) mass is 328 g/mol. The first-order valence-electron chi connectivity index (χ1n) is 6.85. The Morgan fingerprint density at radius 3 is 2.53 bits per heavy atom. The Balaban J connectivity index is 2.08. The largest absolute Gasteiger partial charge is 0.326 e. The van der Waals surface area contributed by atoms with Crippen LogP contribution in [0.3, 0.4) is 0 Å². The van der Waals surface area contributed by atoms with E-state index in [4.69, 9.17) is 5.73 Å². The first-order valence-corrected chi connectivity index (χ1v) is 7.64. The second kappa shape index (κ2) is 5.90. The van der Waals surface area contributed by atoms with Crippen LogP contribution in [-0.2, 0) is 6.42 Å². The van der Waals surface area contributed by atoms with Crippen LogP contribution in [0.1, 0.15) is 32.3 Å². The summed E-state index contributed by atoms with van der Waals surface area (Å²) < 4.78 is 14.2. The highest BCUT2D eigenvalue weighted by Crippen LogP contribution is 2.26. The van der Waals surface area contributed by atoms with Gasteiger partial charge in [-0.3, -0.25) is 4.90 Å². The number of likely N-dealkylation sites (tertiary alicyclic amines) is 1. The van der Waals surface area contributed by atoms with Crippen LogP contribution in [0.2, 0.25) is 0 Å². The Hall–Kier alpha value is -0.450. The van der Waals surface area contributed by atoms with E-state index in [-0.39, 0.29) is 17.4 Å². The molecule has 0 amide bonds. The van der Waals surface area contributed by atoms with E-state index in [9.17, 15) is 4.39 Å². The summed E-state index contributed by atoms with van der Waals surface area (Å²) in [5.41, 5.74) is 7.29. The van der Waals surface area contributed by atoms with E-state index < -0.39 is 0 Å². The van der Waals surface area contributed by atoms with Gasteiger partial charge in [0, 0.05) is 16.1 Å². The van der Waals surface area contributed by atoms with Crippen molar-refractivity contribution >= 4 is 15.9 Å².